The Morgan fingerprint density at radius 1 is 0.605 bits per heavy atom. The van der Waals surface area contributed by atoms with E-state index < -0.39 is 53.5 Å². The summed E-state index contributed by atoms with van der Waals surface area (Å²) in [4.78, 5) is 118. The van der Waals surface area contributed by atoms with Crippen molar-refractivity contribution in [2.75, 3.05) is 47.6 Å². The molecular weight excluding hydrogens is 983 g/mol. The molecule has 0 radical (unpaired) electrons. The molecule has 0 saturated heterocycles. The van der Waals surface area contributed by atoms with Crippen LogP contribution in [0.3, 0.4) is 0 Å². The number of nitrogens with one attached hydrogen (secondary N) is 7. The van der Waals surface area contributed by atoms with Gasteiger partial charge in [-0.3, -0.25) is 28.8 Å². The van der Waals surface area contributed by atoms with E-state index in [1.807, 2.05) is 48.5 Å². The number of fused-ring (bicyclic) bond motifs is 3. The van der Waals surface area contributed by atoms with Gasteiger partial charge in [-0.2, -0.15) is 0 Å². The highest BCUT2D eigenvalue weighted by molar-refractivity contribution is 6.05. The fourth-order valence-corrected chi connectivity index (χ4v) is 8.59. The van der Waals surface area contributed by atoms with Crippen molar-refractivity contribution >= 4 is 70.5 Å². The van der Waals surface area contributed by atoms with E-state index in [9.17, 15) is 38.4 Å². The number of imidazole rings is 3. The van der Waals surface area contributed by atoms with Gasteiger partial charge in [-0.15, -0.1) is 0 Å². The fraction of sp³-hybridized carbons (Fsp3) is 0.275. The quantitative estimate of drug-likeness (QED) is 0.0537. The highest BCUT2D eigenvalue weighted by Crippen LogP contribution is 2.44. The molecule has 0 fully saturated rings. The molecule has 25 heteroatoms. The van der Waals surface area contributed by atoms with Crippen molar-refractivity contribution in [1.82, 2.24) is 53.7 Å². The van der Waals surface area contributed by atoms with Gasteiger partial charge in [0.1, 0.15) is 24.0 Å². The number of hydrogen-bond donors (Lipinski definition) is 7. The zero-order valence-electron chi connectivity index (χ0n) is 42.3. The molecule has 0 saturated carbocycles. The number of anilines is 4. The predicted octanol–water partition coefficient (Wildman–Crippen LogP) is 3.67. The van der Waals surface area contributed by atoms with Gasteiger partial charge in [0, 0.05) is 97.8 Å². The molecule has 1 atom stereocenters. The van der Waals surface area contributed by atoms with Gasteiger partial charge in [0.2, 0.25) is 23.5 Å². The second-order valence-corrected chi connectivity index (χ2v) is 17.7. The predicted molar refractivity (Wildman–Crippen MR) is 275 cm³/mol. The van der Waals surface area contributed by atoms with Gasteiger partial charge in [-0.05, 0) is 47.7 Å². The maximum atomic E-state index is 14.0. The zero-order valence-corrected chi connectivity index (χ0v) is 42.3. The van der Waals surface area contributed by atoms with Crippen LogP contribution in [0.15, 0.2) is 97.8 Å². The van der Waals surface area contributed by atoms with Crippen LogP contribution in [0.25, 0.3) is 11.1 Å². The molecule has 0 spiro atoms. The minimum Gasteiger partial charge on any atom is -0.460 e. The summed E-state index contributed by atoms with van der Waals surface area (Å²) in [5, 5.41) is 18.7. The molecule has 0 unspecified atom stereocenters. The summed E-state index contributed by atoms with van der Waals surface area (Å²) in [5.41, 5.74) is 4.99. The Bertz CT molecular complexity index is 3330. The van der Waals surface area contributed by atoms with Crippen molar-refractivity contribution in [1.29, 1.82) is 0 Å². The Labute approximate surface area is 434 Å². The average Bonchev–Trinajstić information content (AvgIpc) is 4.27. The Hall–Kier alpha value is -9.81. The first-order valence-corrected chi connectivity index (χ1v) is 23.9. The molecular formula is C51H55N15O10. The molecule has 394 valence electrons. The number of carbonyl (C=O) groups is 8. The lowest BCUT2D eigenvalue weighted by molar-refractivity contribution is -0.118. The average molecular weight is 1040 g/mol. The maximum absolute atomic E-state index is 14.0. The van der Waals surface area contributed by atoms with Crippen molar-refractivity contribution in [3.8, 4) is 11.1 Å². The van der Waals surface area contributed by atoms with E-state index in [2.05, 4.69) is 52.2 Å². The highest BCUT2D eigenvalue weighted by atomic mass is 16.5. The van der Waals surface area contributed by atoms with E-state index in [0.717, 1.165) is 22.3 Å². The summed E-state index contributed by atoms with van der Waals surface area (Å²) < 4.78 is 18.1. The van der Waals surface area contributed by atoms with Gasteiger partial charge in [-0.1, -0.05) is 48.5 Å². The van der Waals surface area contributed by atoms with Crippen molar-refractivity contribution in [2.24, 2.45) is 35.2 Å². The van der Waals surface area contributed by atoms with E-state index in [4.69, 9.17) is 9.47 Å². The topological polar surface area (TPSA) is 303 Å². The van der Waals surface area contributed by atoms with E-state index in [0.29, 0.717) is 5.69 Å². The summed E-state index contributed by atoms with van der Waals surface area (Å²) in [5.74, 6) is -4.05. The lowest BCUT2D eigenvalue weighted by atomic mass is 9.98. The molecule has 76 heavy (non-hydrogen) atoms. The molecule has 0 aliphatic heterocycles. The molecule has 7 amide bonds. The second kappa shape index (κ2) is 22.9. The monoisotopic (exact) mass is 1040 g/mol. The van der Waals surface area contributed by atoms with Crippen LogP contribution in [-0.2, 0) is 54.3 Å². The third-order valence-electron chi connectivity index (χ3n) is 12.3. The summed E-state index contributed by atoms with van der Waals surface area (Å²) in [6.45, 7) is 1.58. The third kappa shape index (κ3) is 12.0. The number of alkyl carbamates (subject to hydrolysis) is 1. The smallest absolute Gasteiger partial charge is 0.407 e. The zero-order chi connectivity index (χ0) is 54.2. The number of hydrogen-bond acceptors (Lipinski definition) is 13. The maximum Gasteiger partial charge on any atom is 0.407 e. The van der Waals surface area contributed by atoms with E-state index in [-0.39, 0.29) is 91.2 Å². The summed E-state index contributed by atoms with van der Waals surface area (Å²) >= 11 is 0. The fourth-order valence-electron chi connectivity index (χ4n) is 8.59. The molecule has 5 aromatic heterocycles. The molecule has 7 N–H and O–H groups in total. The van der Waals surface area contributed by atoms with Crippen LogP contribution in [0.2, 0.25) is 0 Å². The second-order valence-electron chi connectivity index (χ2n) is 17.7. The number of rotatable bonds is 20. The highest BCUT2D eigenvalue weighted by Gasteiger charge is 2.31. The normalized spacial score (nSPS) is 11.9. The third-order valence-corrected chi connectivity index (χ3v) is 12.3. The van der Waals surface area contributed by atoms with Crippen LogP contribution in [0.4, 0.5) is 27.8 Å². The largest absolute Gasteiger partial charge is 0.460 e. The molecule has 5 heterocycles. The Morgan fingerprint density at radius 3 is 1.84 bits per heavy atom. The molecule has 1 aliphatic rings. The number of carbonyl (C=O) groups excluding carboxylic acids is 8. The van der Waals surface area contributed by atoms with Crippen molar-refractivity contribution in [3.05, 3.63) is 138 Å². The number of aryl methyl sites for hydroxylation is 5. The first-order valence-electron chi connectivity index (χ1n) is 23.9. The summed E-state index contributed by atoms with van der Waals surface area (Å²) in [6, 6.07) is 17.3. The first kappa shape index (κ1) is 52.5. The summed E-state index contributed by atoms with van der Waals surface area (Å²) in [6.07, 6.45) is 7.91. The van der Waals surface area contributed by atoms with E-state index >= 15 is 0 Å². The van der Waals surface area contributed by atoms with Gasteiger partial charge in [-0.25, -0.2) is 24.5 Å². The van der Waals surface area contributed by atoms with Crippen LogP contribution >= 0.6 is 0 Å². The Morgan fingerprint density at radius 2 is 1.20 bits per heavy atom. The van der Waals surface area contributed by atoms with E-state index in [1.165, 1.54) is 55.2 Å². The van der Waals surface area contributed by atoms with Crippen LogP contribution in [0.1, 0.15) is 89.6 Å². The SMILES string of the molecule is CCOC(=O)c1nc(NC(=O)c2cc(NC(=O)[C@H](CCNC(=O)c3nc(NC(=O)CCNC(=O)c4cc(NC(=O)c5nccn5C)cn4C)cn3C)NC(=O)OCC3c4ccccc4-c4ccccc43)cn2C)cn1C. The lowest BCUT2D eigenvalue weighted by Gasteiger charge is -2.20. The van der Waals surface area contributed by atoms with Crippen LogP contribution in [-0.4, -0.2) is 118 Å². The van der Waals surface area contributed by atoms with Crippen LogP contribution < -0.4 is 37.2 Å². The number of benzene rings is 2. The van der Waals surface area contributed by atoms with Crippen molar-refractivity contribution in [3.63, 3.8) is 0 Å². The van der Waals surface area contributed by atoms with Gasteiger partial charge < -0.3 is 69.5 Å². The van der Waals surface area contributed by atoms with Gasteiger partial charge in [0.05, 0.1) is 18.0 Å². The number of esters is 1. The molecule has 0 bridgehead atoms. The van der Waals surface area contributed by atoms with Gasteiger partial charge in [0.15, 0.2) is 17.5 Å². The Kier molecular flexibility index (Phi) is 15.9. The van der Waals surface area contributed by atoms with Gasteiger partial charge >= 0.3 is 12.1 Å². The summed E-state index contributed by atoms with van der Waals surface area (Å²) in [7, 11) is 8.03. The first-order chi connectivity index (χ1) is 36.5. The molecule has 25 nitrogen and oxygen atoms in total. The van der Waals surface area contributed by atoms with Crippen molar-refractivity contribution in [2.45, 2.75) is 31.7 Å². The number of nitrogens with zero attached hydrogens (tertiary/aromatic N) is 8. The minimum absolute atomic E-state index is 0.0130. The molecule has 2 aromatic carbocycles. The van der Waals surface area contributed by atoms with E-state index in [1.54, 1.807) is 59.1 Å². The van der Waals surface area contributed by atoms with Crippen molar-refractivity contribution < 1.29 is 47.8 Å². The van der Waals surface area contributed by atoms with Crippen LogP contribution in [0.5, 0.6) is 0 Å². The Balaban J connectivity index is 0.869. The number of aromatic nitrogens is 8. The van der Waals surface area contributed by atoms with Gasteiger partial charge in [0.25, 0.3) is 23.6 Å². The standard InChI is InChI=1S/C51H55N15O10/c1-7-75-50(73)44-60-40(27-66(44)6)61-47(70)38-23-29(24-64(38)4)55-45(68)36(57-51(74)76-28-35-33-14-10-8-12-31(33)32-13-9-11-15-34(32)35)16-18-54-48(71)43-59-39(26-65(43)5)58-41(67)17-19-53-46(69)37-22-30(25-63(37)3)56-49(72)42-52-20-21-62(42)2/h8-15,20-27,35-36H,7,16-19,28H2,1-6H3,(H,53,69)(H,54,71)(H,55,68)(H,56,72)(H,57,74)(H,58,67)(H,61,70)/t36-/m0/s1. The molecule has 1 aliphatic carbocycles. The number of amides is 7. The minimum atomic E-state index is -1.28. The number of ether oxygens (including phenoxy) is 2. The molecule has 7 aromatic rings. The van der Waals surface area contributed by atoms with Crippen LogP contribution in [0, 0.1) is 0 Å². The lowest BCUT2D eigenvalue weighted by Crippen LogP contribution is -2.46. The molecule has 8 rings (SSSR count).